The molecular weight excluding hydrogens is 332 g/mol. The van der Waals surface area contributed by atoms with Crippen LogP contribution in [-0.4, -0.2) is 45.7 Å². The molecule has 0 spiro atoms. The molecular formula is C21H30O5. The maximum absolute atomic E-state index is 12.3. The summed E-state index contributed by atoms with van der Waals surface area (Å²) in [6.07, 6.45) is 7.22. The molecule has 0 aromatic heterocycles. The number of hydrogen-bond acceptors (Lipinski definition) is 5. The lowest BCUT2D eigenvalue weighted by Crippen LogP contribution is -2.62. The van der Waals surface area contributed by atoms with Gasteiger partial charge in [-0.2, -0.15) is 0 Å². The van der Waals surface area contributed by atoms with Gasteiger partial charge >= 0.3 is 0 Å². The molecule has 144 valence electrons. The Morgan fingerprint density at radius 2 is 1.88 bits per heavy atom. The standard InChI is InChI=1S/C21H30O5/c1-19-7-5-15-16(21(19,26)9-6-17(19)18(25)11-22)3-2-13-10-14(24)4-8-20(13,15)12-23/h10,15-17,22-23,26H,2-9,11-12H2,1H3/t15-,16+,17+,19+,20+,21+/m1/s1. The minimum absolute atomic E-state index is 0.0269. The molecule has 0 radical (unpaired) electrons. The first-order valence-corrected chi connectivity index (χ1v) is 10.0. The van der Waals surface area contributed by atoms with Crippen molar-refractivity contribution >= 4 is 11.6 Å². The fourth-order valence-corrected chi connectivity index (χ4v) is 7.26. The van der Waals surface area contributed by atoms with E-state index in [2.05, 4.69) is 0 Å². The molecule has 3 N–H and O–H groups in total. The van der Waals surface area contributed by atoms with E-state index in [1.807, 2.05) is 6.92 Å². The molecule has 6 atom stereocenters. The molecule has 4 aliphatic carbocycles. The van der Waals surface area contributed by atoms with E-state index in [0.29, 0.717) is 25.7 Å². The van der Waals surface area contributed by atoms with Gasteiger partial charge < -0.3 is 15.3 Å². The van der Waals surface area contributed by atoms with Crippen LogP contribution in [0, 0.1) is 28.6 Å². The van der Waals surface area contributed by atoms with E-state index < -0.39 is 17.6 Å². The summed E-state index contributed by atoms with van der Waals surface area (Å²) in [5.41, 5.74) is -0.741. The van der Waals surface area contributed by atoms with Crippen molar-refractivity contribution in [2.24, 2.45) is 28.6 Å². The third-order valence-corrected chi connectivity index (χ3v) is 8.70. The van der Waals surface area contributed by atoms with Gasteiger partial charge in [0.25, 0.3) is 0 Å². The number of rotatable bonds is 3. The molecule has 5 heteroatoms. The van der Waals surface area contributed by atoms with Gasteiger partial charge in [-0.3, -0.25) is 9.59 Å². The van der Waals surface area contributed by atoms with Gasteiger partial charge in [-0.25, -0.2) is 0 Å². The summed E-state index contributed by atoms with van der Waals surface area (Å²) in [6, 6.07) is 0. The quantitative estimate of drug-likeness (QED) is 0.711. The average Bonchev–Trinajstić information content (AvgIpc) is 2.92. The SMILES string of the molecule is C[C@@]12CC[C@@H]3[C@H](CCC4=CC(=O)CC[C@]43CO)[C@@]1(O)CC[C@H]2C(=O)CO. The van der Waals surface area contributed by atoms with Gasteiger partial charge in [-0.05, 0) is 62.9 Å². The van der Waals surface area contributed by atoms with Crippen LogP contribution in [-0.2, 0) is 9.59 Å². The first kappa shape index (κ1) is 18.3. The molecule has 0 bridgehead atoms. The number of carbonyl (C=O) groups excluding carboxylic acids is 2. The van der Waals surface area contributed by atoms with E-state index in [0.717, 1.165) is 31.3 Å². The first-order chi connectivity index (χ1) is 12.3. The highest BCUT2D eigenvalue weighted by Crippen LogP contribution is 2.68. The molecule has 4 rings (SSSR count). The number of aliphatic hydroxyl groups excluding tert-OH is 2. The molecule has 0 amide bonds. The van der Waals surface area contributed by atoms with Crippen LogP contribution in [0.4, 0.5) is 0 Å². The largest absolute Gasteiger partial charge is 0.395 e. The lowest BCUT2D eigenvalue weighted by atomic mass is 9.45. The maximum Gasteiger partial charge on any atom is 0.161 e. The summed E-state index contributed by atoms with van der Waals surface area (Å²) in [5, 5.41) is 31.5. The van der Waals surface area contributed by atoms with Crippen molar-refractivity contribution in [2.75, 3.05) is 13.2 Å². The van der Waals surface area contributed by atoms with Crippen LogP contribution in [0.2, 0.25) is 0 Å². The van der Waals surface area contributed by atoms with Gasteiger partial charge in [-0.1, -0.05) is 12.5 Å². The topological polar surface area (TPSA) is 94.8 Å². The predicted molar refractivity (Wildman–Crippen MR) is 95.2 cm³/mol. The Bertz CT molecular complexity index is 669. The first-order valence-electron chi connectivity index (χ1n) is 10.0. The van der Waals surface area contributed by atoms with Crippen molar-refractivity contribution in [1.82, 2.24) is 0 Å². The second-order valence-electron chi connectivity index (χ2n) is 9.30. The second-order valence-corrected chi connectivity index (χ2v) is 9.30. The second kappa shape index (κ2) is 5.98. The van der Waals surface area contributed by atoms with Gasteiger partial charge in [0.15, 0.2) is 11.6 Å². The summed E-state index contributed by atoms with van der Waals surface area (Å²) in [6.45, 7) is 1.59. The molecule has 3 fully saturated rings. The van der Waals surface area contributed by atoms with Crippen LogP contribution in [0.5, 0.6) is 0 Å². The van der Waals surface area contributed by atoms with E-state index in [1.54, 1.807) is 6.08 Å². The molecule has 3 saturated carbocycles. The van der Waals surface area contributed by atoms with E-state index >= 15 is 0 Å². The van der Waals surface area contributed by atoms with Crippen LogP contribution in [0.3, 0.4) is 0 Å². The average molecular weight is 362 g/mol. The Morgan fingerprint density at radius 1 is 1.12 bits per heavy atom. The van der Waals surface area contributed by atoms with Crippen LogP contribution in [0.25, 0.3) is 0 Å². The Labute approximate surface area is 154 Å². The molecule has 0 aliphatic heterocycles. The smallest absolute Gasteiger partial charge is 0.161 e. The Kier molecular flexibility index (Phi) is 4.22. The molecule has 0 unspecified atom stereocenters. The van der Waals surface area contributed by atoms with E-state index in [1.165, 1.54) is 0 Å². The Hall–Kier alpha value is -1.04. The van der Waals surface area contributed by atoms with E-state index in [4.69, 9.17) is 0 Å². The van der Waals surface area contributed by atoms with Gasteiger partial charge in [0.1, 0.15) is 6.61 Å². The van der Waals surface area contributed by atoms with Crippen molar-refractivity contribution in [3.63, 3.8) is 0 Å². The summed E-state index contributed by atoms with van der Waals surface area (Å²) < 4.78 is 0. The zero-order valence-electron chi connectivity index (χ0n) is 15.5. The highest BCUT2D eigenvalue weighted by atomic mass is 16.3. The number of ketones is 2. The highest BCUT2D eigenvalue weighted by molar-refractivity contribution is 5.91. The minimum Gasteiger partial charge on any atom is -0.395 e. The van der Waals surface area contributed by atoms with Crippen molar-refractivity contribution in [1.29, 1.82) is 0 Å². The van der Waals surface area contributed by atoms with Crippen LogP contribution >= 0.6 is 0 Å². The molecule has 4 aliphatic rings. The Morgan fingerprint density at radius 3 is 2.58 bits per heavy atom. The molecule has 5 nitrogen and oxygen atoms in total. The number of Topliss-reactive ketones (excluding diaryl/α,β-unsaturated/α-hetero) is 1. The Balaban J connectivity index is 1.73. The van der Waals surface area contributed by atoms with E-state index in [-0.39, 0.29) is 41.3 Å². The predicted octanol–water partition coefficient (Wildman–Crippen LogP) is 1.78. The van der Waals surface area contributed by atoms with E-state index in [9.17, 15) is 24.9 Å². The zero-order valence-corrected chi connectivity index (χ0v) is 15.5. The minimum atomic E-state index is -0.930. The van der Waals surface area contributed by atoms with Gasteiger partial charge in [0.2, 0.25) is 0 Å². The van der Waals surface area contributed by atoms with Crippen molar-refractivity contribution in [3.05, 3.63) is 11.6 Å². The summed E-state index contributed by atoms with van der Waals surface area (Å²) in [4.78, 5) is 24.2. The van der Waals surface area contributed by atoms with Gasteiger partial charge in [0, 0.05) is 23.2 Å². The number of carbonyl (C=O) groups is 2. The van der Waals surface area contributed by atoms with Crippen LogP contribution in [0.15, 0.2) is 11.6 Å². The lowest BCUT2D eigenvalue weighted by molar-refractivity contribution is -0.191. The molecule has 0 saturated heterocycles. The van der Waals surface area contributed by atoms with Gasteiger partial charge in [0.05, 0.1) is 12.2 Å². The zero-order chi connectivity index (χ0) is 18.7. The molecule has 0 heterocycles. The highest BCUT2D eigenvalue weighted by Gasteiger charge is 2.68. The molecule has 0 aromatic rings. The monoisotopic (exact) mass is 362 g/mol. The van der Waals surface area contributed by atoms with Gasteiger partial charge in [-0.15, -0.1) is 0 Å². The summed E-state index contributed by atoms with van der Waals surface area (Å²) in [7, 11) is 0. The summed E-state index contributed by atoms with van der Waals surface area (Å²) in [5.74, 6) is -0.0972. The normalized spacial score (nSPS) is 47.6. The fourth-order valence-electron chi connectivity index (χ4n) is 7.26. The number of aliphatic hydroxyl groups is 3. The molecule has 0 aromatic carbocycles. The number of fused-ring (bicyclic) bond motifs is 5. The maximum atomic E-state index is 12.3. The lowest BCUT2D eigenvalue weighted by Gasteiger charge is -2.61. The molecule has 26 heavy (non-hydrogen) atoms. The van der Waals surface area contributed by atoms with Crippen molar-refractivity contribution < 1.29 is 24.9 Å². The summed E-state index contributed by atoms with van der Waals surface area (Å²) >= 11 is 0. The van der Waals surface area contributed by atoms with Crippen LogP contribution < -0.4 is 0 Å². The fraction of sp³-hybridized carbons (Fsp3) is 0.810. The van der Waals surface area contributed by atoms with Crippen LogP contribution in [0.1, 0.15) is 58.3 Å². The number of hydrogen-bond donors (Lipinski definition) is 3. The van der Waals surface area contributed by atoms with Crippen molar-refractivity contribution in [2.45, 2.75) is 63.9 Å². The van der Waals surface area contributed by atoms with Crippen molar-refractivity contribution in [3.8, 4) is 0 Å². The third kappa shape index (κ3) is 2.14. The third-order valence-electron chi connectivity index (χ3n) is 8.70.